The minimum atomic E-state index is -0.487. The highest BCUT2D eigenvalue weighted by molar-refractivity contribution is 6.03. The van der Waals surface area contributed by atoms with Gasteiger partial charge >= 0.3 is 0 Å². The normalized spacial score (nSPS) is 17.5. The van der Waals surface area contributed by atoms with Gasteiger partial charge < -0.3 is 21.7 Å². The Bertz CT molecular complexity index is 1380. The zero-order valence-electron chi connectivity index (χ0n) is 19.9. The van der Waals surface area contributed by atoms with Crippen molar-refractivity contribution in [2.24, 2.45) is 11.7 Å². The smallest absolute Gasteiger partial charge is 0.276 e. The predicted octanol–water partition coefficient (Wildman–Crippen LogP) is 4.21. The van der Waals surface area contributed by atoms with Gasteiger partial charge in [0.25, 0.3) is 5.91 Å². The van der Waals surface area contributed by atoms with Crippen LogP contribution < -0.4 is 21.7 Å². The van der Waals surface area contributed by atoms with Crippen LogP contribution in [0.15, 0.2) is 61.1 Å². The van der Waals surface area contributed by atoms with Crippen molar-refractivity contribution in [1.82, 2.24) is 19.6 Å². The first-order valence-electron chi connectivity index (χ1n) is 12.0. The number of pyridine rings is 1. The molecule has 1 aromatic carbocycles. The van der Waals surface area contributed by atoms with Gasteiger partial charge in [0.2, 0.25) is 5.91 Å². The molecule has 0 unspecified atom stereocenters. The highest BCUT2D eigenvalue weighted by atomic mass is 16.2. The van der Waals surface area contributed by atoms with Crippen LogP contribution in [-0.2, 0) is 0 Å². The van der Waals surface area contributed by atoms with Crippen LogP contribution in [0.5, 0.6) is 0 Å². The fourth-order valence-electron chi connectivity index (χ4n) is 4.40. The second-order valence-electron chi connectivity index (χ2n) is 9.18. The van der Waals surface area contributed by atoms with Gasteiger partial charge in [0.1, 0.15) is 5.82 Å². The van der Waals surface area contributed by atoms with Crippen molar-refractivity contribution in [3.05, 3.63) is 72.3 Å². The number of carbonyl (C=O) groups is 2. The molecule has 0 bridgehead atoms. The Balaban J connectivity index is 1.49. The lowest BCUT2D eigenvalue weighted by atomic mass is 9.87. The highest BCUT2D eigenvalue weighted by Crippen LogP contribution is 2.29. The number of carbonyl (C=O) groups excluding carboxylic acids is 2. The zero-order chi connectivity index (χ0) is 25.1. The topological polar surface area (TPSA) is 139 Å². The van der Waals surface area contributed by atoms with Gasteiger partial charge in [-0.05, 0) is 68.0 Å². The number of anilines is 4. The summed E-state index contributed by atoms with van der Waals surface area (Å²) in [7, 11) is 0. The summed E-state index contributed by atoms with van der Waals surface area (Å²) >= 11 is 0. The van der Waals surface area contributed by atoms with Gasteiger partial charge in [-0.2, -0.15) is 0 Å². The number of benzene rings is 1. The van der Waals surface area contributed by atoms with Crippen molar-refractivity contribution in [3.63, 3.8) is 0 Å². The first-order valence-corrected chi connectivity index (χ1v) is 12.0. The van der Waals surface area contributed by atoms with Gasteiger partial charge in [-0.15, -0.1) is 5.10 Å². The summed E-state index contributed by atoms with van der Waals surface area (Å²) in [5.74, 6) is 0.561. The van der Waals surface area contributed by atoms with Crippen molar-refractivity contribution in [2.45, 2.75) is 38.6 Å². The minimum absolute atomic E-state index is 0.301. The molecule has 0 aliphatic heterocycles. The Hall–Kier alpha value is -4.47. The fraction of sp³-hybridized carbons (Fsp3) is 0.269. The van der Waals surface area contributed by atoms with Gasteiger partial charge in [0.15, 0.2) is 11.3 Å². The number of imidazole rings is 1. The third-order valence-corrected chi connectivity index (χ3v) is 6.45. The molecule has 2 amide bonds. The molecule has 5 rings (SSSR count). The number of hydrogen-bond donors (Lipinski definition) is 4. The molecule has 4 aromatic rings. The van der Waals surface area contributed by atoms with E-state index in [1.807, 2.05) is 6.07 Å². The van der Waals surface area contributed by atoms with Crippen LogP contribution in [0.2, 0.25) is 0 Å². The maximum absolute atomic E-state index is 13.1. The molecule has 36 heavy (non-hydrogen) atoms. The number of hydrogen-bond acceptors (Lipinski definition) is 7. The van der Waals surface area contributed by atoms with E-state index in [1.54, 1.807) is 53.3 Å². The lowest BCUT2D eigenvalue weighted by Gasteiger charge is -2.27. The maximum Gasteiger partial charge on any atom is 0.276 e. The fourth-order valence-corrected chi connectivity index (χ4v) is 4.40. The van der Waals surface area contributed by atoms with Gasteiger partial charge in [-0.1, -0.05) is 6.92 Å². The van der Waals surface area contributed by atoms with Crippen LogP contribution in [0.25, 0.3) is 5.65 Å². The highest BCUT2D eigenvalue weighted by Gasteiger charge is 2.21. The quantitative estimate of drug-likeness (QED) is 0.308. The van der Waals surface area contributed by atoms with E-state index in [-0.39, 0.29) is 5.91 Å². The molecule has 0 spiro atoms. The molecule has 0 radical (unpaired) electrons. The van der Waals surface area contributed by atoms with Gasteiger partial charge in [0, 0.05) is 41.4 Å². The van der Waals surface area contributed by atoms with Crippen molar-refractivity contribution < 1.29 is 9.59 Å². The van der Waals surface area contributed by atoms with Crippen LogP contribution >= 0.6 is 0 Å². The van der Waals surface area contributed by atoms with E-state index in [0.717, 1.165) is 24.4 Å². The Kier molecular flexibility index (Phi) is 6.48. The average molecular weight is 485 g/mol. The largest absolute Gasteiger partial charge is 0.366 e. The van der Waals surface area contributed by atoms with Gasteiger partial charge in [0.05, 0.1) is 11.9 Å². The molecule has 3 aromatic heterocycles. The van der Waals surface area contributed by atoms with Crippen LogP contribution in [0.3, 0.4) is 0 Å². The Labute approximate surface area is 208 Å². The first kappa shape index (κ1) is 23.3. The standard InChI is InChI=1S/C26H28N8O2/c1-16-2-6-19(7-3-16)31-23-14-21(30-18-8-4-17(5-9-18)24(27)35)25-29-15-22(34(25)33-23)26(36)32-20-10-12-28-13-11-20/h4-5,8-16,19,30H,2-3,6-7H2,1H3,(H2,27,35)(H,31,33)(H,28,32,36). The van der Waals surface area contributed by atoms with Crippen LogP contribution in [-0.4, -0.2) is 37.4 Å². The molecular formula is C26H28N8O2. The Morgan fingerprint density at radius 1 is 1.00 bits per heavy atom. The number of aromatic nitrogens is 4. The van der Waals surface area contributed by atoms with Crippen molar-refractivity contribution in [1.29, 1.82) is 0 Å². The number of fused-ring (bicyclic) bond motifs is 1. The zero-order valence-corrected chi connectivity index (χ0v) is 19.9. The van der Waals surface area contributed by atoms with E-state index in [4.69, 9.17) is 10.8 Å². The monoisotopic (exact) mass is 484 g/mol. The Morgan fingerprint density at radius 2 is 1.72 bits per heavy atom. The van der Waals surface area contributed by atoms with Crippen molar-refractivity contribution in [3.8, 4) is 0 Å². The van der Waals surface area contributed by atoms with E-state index >= 15 is 0 Å². The molecular weight excluding hydrogens is 456 g/mol. The van der Waals surface area contributed by atoms with Crippen LogP contribution in [0.4, 0.5) is 22.9 Å². The van der Waals surface area contributed by atoms with Crippen LogP contribution in [0.1, 0.15) is 53.5 Å². The summed E-state index contributed by atoms with van der Waals surface area (Å²) in [6.45, 7) is 2.28. The van der Waals surface area contributed by atoms with Gasteiger partial charge in [-0.3, -0.25) is 14.6 Å². The molecule has 3 heterocycles. The summed E-state index contributed by atoms with van der Waals surface area (Å²) in [6.07, 6.45) is 9.20. The summed E-state index contributed by atoms with van der Waals surface area (Å²) in [5, 5.41) is 14.5. The van der Waals surface area contributed by atoms with E-state index in [0.29, 0.717) is 40.1 Å². The predicted molar refractivity (Wildman–Crippen MR) is 138 cm³/mol. The third kappa shape index (κ3) is 5.12. The summed E-state index contributed by atoms with van der Waals surface area (Å²) in [6, 6.07) is 12.5. The molecule has 1 saturated carbocycles. The molecule has 5 N–H and O–H groups in total. The van der Waals surface area contributed by atoms with E-state index < -0.39 is 5.91 Å². The number of primary amides is 1. The number of nitrogens with two attached hydrogens (primary N) is 1. The number of nitrogens with zero attached hydrogens (tertiary/aromatic N) is 4. The number of amides is 2. The number of nitrogens with one attached hydrogen (secondary N) is 3. The van der Waals surface area contributed by atoms with E-state index in [2.05, 4.69) is 32.8 Å². The third-order valence-electron chi connectivity index (χ3n) is 6.45. The SMILES string of the molecule is CC1CCC(Nc2cc(Nc3ccc(C(N)=O)cc3)c3ncc(C(=O)Nc4ccncc4)n3n2)CC1. The second kappa shape index (κ2) is 10.0. The molecule has 10 nitrogen and oxygen atoms in total. The summed E-state index contributed by atoms with van der Waals surface area (Å²) in [4.78, 5) is 33.0. The lowest BCUT2D eigenvalue weighted by molar-refractivity contribution is 0.0996. The van der Waals surface area contributed by atoms with Gasteiger partial charge in [-0.25, -0.2) is 9.50 Å². The molecule has 1 aliphatic rings. The molecule has 184 valence electrons. The Morgan fingerprint density at radius 3 is 2.42 bits per heavy atom. The summed E-state index contributed by atoms with van der Waals surface area (Å²) in [5.41, 5.74) is 8.63. The van der Waals surface area contributed by atoms with Crippen LogP contribution in [0, 0.1) is 5.92 Å². The molecule has 0 saturated heterocycles. The average Bonchev–Trinajstić information content (AvgIpc) is 3.31. The lowest BCUT2D eigenvalue weighted by Crippen LogP contribution is -2.26. The van der Waals surface area contributed by atoms with Crippen molar-refractivity contribution in [2.75, 3.05) is 16.0 Å². The van der Waals surface area contributed by atoms with E-state index in [9.17, 15) is 9.59 Å². The summed E-state index contributed by atoms with van der Waals surface area (Å²) < 4.78 is 1.55. The maximum atomic E-state index is 13.1. The first-order chi connectivity index (χ1) is 17.5. The van der Waals surface area contributed by atoms with E-state index in [1.165, 1.54) is 19.0 Å². The molecule has 1 fully saturated rings. The molecule has 0 atom stereocenters. The van der Waals surface area contributed by atoms with Crippen molar-refractivity contribution >= 4 is 40.3 Å². The second-order valence-corrected chi connectivity index (χ2v) is 9.18. The molecule has 10 heteroatoms. The molecule has 1 aliphatic carbocycles. The number of rotatable bonds is 7. The minimum Gasteiger partial charge on any atom is -0.366 e.